The molecule has 1 aromatic heterocycles. The maximum atomic E-state index is 10.3. The van der Waals surface area contributed by atoms with Crippen LogP contribution in [0.15, 0.2) is 228 Å². The lowest BCUT2D eigenvalue weighted by Gasteiger charge is -2.27. The summed E-state index contributed by atoms with van der Waals surface area (Å²) in [5, 5.41) is 0.896. The first-order valence-corrected chi connectivity index (χ1v) is 18.4. The number of anilines is 3. The van der Waals surface area contributed by atoms with Crippen molar-refractivity contribution >= 4 is 60.5 Å². The van der Waals surface area contributed by atoms with Gasteiger partial charge >= 0.3 is 0 Å². The first-order valence-electron chi connectivity index (χ1n) is 26.9. The predicted octanol–water partition coefficient (Wildman–Crippen LogP) is 16.0. The zero-order valence-electron chi connectivity index (χ0n) is 47.4. The molecule has 11 rings (SSSR count). The number of hydrogen-bond acceptors (Lipinski definition) is 2. The van der Waals surface area contributed by atoms with Crippen LogP contribution >= 0.6 is 0 Å². The molecule has 2 nitrogen and oxygen atoms in total. The molecule has 0 N–H and O–H groups in total. The SMILES string of the molecule is [2H]c1c([2H])c([2H])c(-c2c([2H])c([2H])c([2H])c(-c3c([2H])c4c(oc5c([2H])c([2H])c([2H])c(N(c6ccc(-c7ccc8ccccc8c7)cc6)c6cccc(-c7ccccc7)c6)c54)c4c([2H])c([2H])c([2H])c([2H])c34)c2[2H])c([2H])c1[2H]. The van der Waals surface area contributed by atoms with Crippen molar-refractivity contribution in [2.45, 2.75) is 0 Å². The van der Waals surface area contributed by atoms with Crippen LogP contribution in [0.3, 0.4) is 0 Å². The fraction of sp³-hybridized carbons (Fsp3) is 0. The van der Waals surface area contributed by atoms with Gasteiger partial charge in [0.1, 0.15) is 11.2 Å². The molecule has 0 radical (unpaired) electrons. The number of nitrogens with zero attached hydrogens (tertiary/aromatic N) is 1. The molecule has 272 valence electrons. The second-order valence-electron chi connectivity index (χ2n) is 13.6. The molecular weight excluding hydrogens is 703 g/mol. The number of furan rings is 1. The molecule has 0 aliphatic heterocycles. The minimum Gasteiger partial charge on any atom is -0.455 e. The lowest BCUT2D eigenvalue weighted by atomic mass is 9.93. The Hall–Kier alpha value is -7.68. The van der Waals surface area contributed by atoms with Crippen LogP contribution in [0.5, 0.6) is 0 Å². The fourth-order valence-electron chi connectivity index (χ4n) is 7.47. The van der Waals surface area contributed by atoms with Gasteiger partial charge in [-0.05, 0) is 115 Å². The van der Waals surface area contributed by atoms with Gasteiger partial charge in [-0.15, -0.1) is 0 Å². The van der Waals surface area contributed by atoms with Crippen LogP contribution in [0.4, 0.5) is 17.1 Å². The van der Waals surface area contributed by atoms with Crippen LogP contribution in [-0.2, 0) is 0 Å². The van der Waals surface area contributed by atoms with Crippen LogP contribution in [0.2, 0.25) is 0 Å². The highest BCUT2D eigenvalue weighted by molar-refractivity contribution is 6.22. The van der Waals surface area contributed by atoms with Crippen LogP contribution in [-0.4, -0.2) is 0 Å². The quantitative estimate of drug-likeness (QED) is 0.161. The summed E-state index contributed by atoms with van der Waals surface area (Å²) in [5.74, 6) is 0. The third-order valence-corrected chi connectivity index (χ3v) is 10.2. The van der Waals surface area contributed by atoms with Gasteiger partial charge in [0.2, 0.25) is 0 Å². The van der Waals surface area contributed by atoms with E-state index >= 15 is 0 Å². The first kappa shape index (κ1) is 20.5. The van der Waals surface area contributed by atoms with Gasteiger partial charge in [-0.3, -0.25) is 0 Å². The number of rotatable bonds is 7. The summed E-state index contributed by atoms with van der Waals surface area (Å²) >= 11 is 0. The van der Waals surface area contributed by atoms with Crippen LogP contribution in [0.1, 0.15) is 23.3 Å². The molecule has 1 heterocycles. The Labute approximate surface area is 361 Å². The molecule has 0 unspecified atom stereocenters. The van der Waals surface area contributed by atoms with Crippen molar-refractivity contribution in [1.29, 1.82) is 0 Å². The normalized spacial score (nSPS) is 15.6. The van der Waals surface area contributed by atoms with E-state index in [4.69, 9.17) is 16.8 Å². The maximum absolute atomic E-state index is 10.3. The number of hydrogen-bond donors (Lipinski definition) is 0. The third-order valence-electron chi connectivity index (χ3n) is 10.2. The van der Waals surface area contributed by atoms with Gasteiger partial charge in [-0.25, -0.2) is 0 Å². The third kappa shape index (κ3) is 5.91. The van der Waals surface area contributed by atoms with E-state index < -0.39 is 130 Å². The van der Waals surface area contributed by atoms with E-state index in [9.17, 15) is 11.0 Å². The fourth-order valence-corrected chi connectivity index (χ4v) is 7.47. The summed E-state index contributed by atoms with van der Waals surface area (Å²) in [5.41, 5.74) is 1.08. The Morgan fingerprint density at radius 2 is 1.07 bits per heavy atom. The van der Waals surface area contributed by atoms with Crippen LogP contribution in [0.25, 0.3) is 88.0 Å². The van der Waals surface area contributed by atoms with E-state index in [1.165, 1.54) is 0 Å². The minimum atomic E-state index is -0.883. The minimum absolute atomic E-state index is 0.0762. The largest absolute Gasteiger partial charge is 0.455 e. The Balaban J connectivity index is 1.29. The summed E-state index contributed by atoms with van der Waals surface area (Å²) in [6.07, 6.45) is 0. The van der Waals surface area contributed by atoms with E-state index in [1.807, 2.05) is 109 Å². The second kappa shape index (κ2) is 14.1. The van der Waals surface area contributed by atoms with Crippen molar-refractivity contribution < 1.29 is 27.7 Å². The molecule has 11 aromatic rings. The average Bonchev–Trinajstić information content (AvgIpc) is 3.95. The monoisotopic (exact) mass is 756 g/mol. The molecule has 0 aliphatic rings. The molecule has 0 amide bonds. The smallest absolute Gasteiger partial charge is 0.143 e. The maximum Gasteiger partial charge on any atom is 0.143 e. The van der Waals surface area contributed by atoms with Gasteiger partial charge in [0.15, 0.2) is 0 Å². The highest BCUT2D eigenvalue weighted by atomic mass is 16.3. The van der Waals surface area contributed by atoms with Gasteiger partial charge in [0.25, 0.3) is 0 Å². The summed E-state index contributed by atoms with van der Waals surface area (Å²) in [6, 6.07) is 25.7. The Morgan fingerprint density at radius 1 is 0.397 bits per heavy atom. The van der Waals surface area contributed by atoms with Crippen LogP contribution < -0.4 is 4.90 Å². The zero-order chi connectivity index (χ0) is 53.2. The first-order chi connectivity index (χ1) is 35.8. The van der Waals surface area contributed by atoms with Crippen molar-refractivity contribution in [2.75, 3.05) is 4.90 Å². The Morgan fingerprint density at radius 3 is 1.93 bits per heavy atom. The topological polar surface area (TPSA) is 16.4 Å². The van der Waals surface area contributed by atoms with Gasteiger partial charge < -0.3 is 9.32 Å². The molecule has 10 aromatic carbocycles. The van der Waals surface area contributed by atoms with Gasteiger partial charge in [0, 0.05) is 22.1 Å². The summed E-state index contributed by atoms with van der Waals surface area (Å²) < 4.78 is 161. The highest BCUT2D eigenvalue weighted by Crippen LogP contribution is 2.47. The molecule has 58 heavy (non-hydrogen) atoms. The van der Waals surface area contributed by atoms with Gasteiger partial charge in [-0.2, -0.15) is 0 Å². The standard InChI is InChI=1S/C56H37NO/c1-3-14-38(15-4-1)43-20-11-22-46(35-43)51-37-52-55-53(26-13-27-54(55)58-56(52)50-25-10-9-24-49(50)51)57(48-23-12-21-44(36-48)39-16-5-2-6-17-39)47-32-30-41(31-33-47)45-29-28-40-18-7-8-19-42(40)34-45/h1-37H/i1D,3D,4D,9D,10D,11D,13D,14D,15D,20D,22D,24D,25D,26D,27D,35D,37D. The molecule has 2 heteroatoms. The summed E-state index contributed by atoms with van der Waals surface area (Å²) in [4.78, 5) is 1.68. The van der Waals surface area contributed by atoms with Gasteiger partial charge in [-0.1, -0.05) is 170 Å². The van der Waals surface area contributed by atoms with Crippen LogP contribution in [0, 0.1) is 0 Å². The molecule has 0 fully saturated rings. The van der Waals surface area contributed by atoms with E-state index in [-0.39, 0.29) is 33.0 Å². The van der Waals surface area contributed by atoms with E-state index in [1.54, 1.807) is 11.0 Å². The van der Waals surface area contributed by atoms with E-state index in [0.29, 0.717) is 11.4 Å². The number of fused-ring (bicyclic) bond motifs is 6. The Kier molecular flexibility index (Phi) is 4.98. The van der Waals surface area contributed by atoms with E-state index in [2.05, 4.69) is 6.07 Å². The second-order valence-corrected chi connectivity index (χ2v) is 13.6. The molecule has 0 aliphatic carbocycles. The number of benzene rings is 10. The molecule has 0 atom stereocenters. The average molecular weight is 757 g/mol. The lowest BCUT2D eigenvalue weighted by Crippen LogP contribution is -2.10. The Bertz CT molecular complexity index is 4240. The van der Waals surface area contributed by atoms with Gasteiger partial charge in [0.05, 0.1) is 34.4 Å². The molecule has 0 spiro atoms. The molecular formula is C56H37NO. The van der Waals surface area contributed by atoms with Crippen molar-refractivity contribution in [1.82, 2.24) is 0 Å². The van der Waals surface area contributed by atoms with Crippen molar-refractivity contribution in [3.05, 3.63) is 224 Å². The van der Waals surface area contributed by atoms with Crippen molar-refractivity contribution in [3.63, 3.8) is 0 Å². The lowest BCUT2D eigenvalue weighted by molar-refractivity contribution is 0.672. The van der Waals surface area contributed by atoms with E-state index in [0.717, 1.165) is 33.0 Å². The molecule has 0 saturated heterocycles. The zero-order valence-corrected chi connectivity index (χ0v) is 30.4. The predicted molar refractivity (Wildman–Crippen MR) is 245 cm³/mol. The van der Waals surface area contributed by atoms with Crippen molar-refractivity contribution in [2.24, 2.45) is 0 Å². The summed E-state index contributed by atoms with van der Waals surface area (Å²) in [7, 11) is 0. The molecule has 0 bridgehead atoms. The van der Waals surface area contributed by atoms with Crippen molar-refractivity contribution in [3.8, 4) is 44.5 Å². The summed E-state index contributed by atoms with van der Waals surface area (Å²) in [6.45, 7) is 0. The highest BCUT2D eigenvalue weighted by Gasteiger charge is 2.22. The molecule has 0 saturated carbocycles.